The minimum Gasteiger partial charge on any atom is -0.330 e. The van der Waals surface area contributed by atoms with E-state index in [-0.39, 0.29) is 0 Å². The zero-order valence-electron chi connectivity index (χ0n) is 12.2. The van der Waals surface area contributed by atoms with Gasteiger partial charge in [0.2, 0.25) is 0 Å². The smallest absolute Gasteiger partial charge is 0.00340 e. The summed E-state index contributed by atoms with van der Waals surface area (Å²) in [6, 6.07) is 8.98. The Morgan fingerprint density at radius 1 is 0.833 bits per heavy atom. The fraction of sp³-hybridized carbons (Fsp3) is 0.625. The molecule has 0 amide bonds. The fourth-order valence-corrected chi connectivity index (χ4v) is 2.42. The van der Waals surface area contributed by atoms with Crippen molar-refractivity contribution in [3.63, 3.8) is 0 Å². The van der Waals surface area contributed by atoms with E-state index in [0.717, 1.165) is 0 Å². The highest BCUT2D eigenvalue weighted by Crippen LogP contribution is 2.29. The lowest BCUT2D eigenvalue weighted by molar-refractivity contribution is 0.328. The summed E-state index contributed by atoms with van der Waals surface area (Å²) in [5, 5.41) is 0. The van der Waals surface area contributed by atoms with E-state index in [4.69, 9.17) is 11.5 Å². The largest absolute Gasteiger partial charge is 0.330 e. The summed E-state index contributed by atoms with van der Waals surface area (Å²) in [5.74, 6) is 2.02. The van der Waals surface area contributed by atoms with Gasteiger partial charge in [0, 0.05) is 0 Å². The van der Waals surface area contributed by atoms with Crippen LogP contribution in [-0.4, -0.2) is 13.1 Å². The Labute approximate surface area is 112 Å². The SMILES string of the molecule is CC(C)c1ccc(C(C)C(C)C(CN)CN)cc1. The standard InChI is InChI=1S/C16H28N2/c1-11(2)14-5-7-15(8-6-14)12(3)13(4)16(9-17)10-18/h5-8,11-13,16H,9-10,17-18H2,1-4H3. The van der Waals surface area contributed by atoms with Crippen molar-refractivity contribution < 1.29 is 0 Å². The summed E-state index contributed by atoms with van der Waals surface area (Å²) in [6.45, 7) is 10.3. The molecule has 1 aromatic carbocycles. The molecule has 0 spiro atoms. The Hall–Kier alpha value is -0.860. The molecule has 0 radical (unpaired) electrons. The van der Waals surface area contributed by atoms with Gasteiger partial charge in [-0.2, -0.15) is 0 Å². The second kappa shape index (κ2) is 6.91. The van der Waals surface area contributed by atoms with Crippen LogP contribution in [0.2, 0.25) is 0 Å². The van der Waals surface area contributed by atoms with Gasteiger partial charge in [-0.1, -0.05) is 52.0 Å². The summed E-state index contributed by atoms with van der Waals surface area (Å²) in [5.41, 5.74) is 14.4. The van der Waals surface area contributed by atoms with Gasteiger partial charge in [0.05, 0.1) is 0 Å². The molecule has 0 heterocycles. The van der Waals surface area contributed by atoms with Crippen molar-refractivity contribution in [1.82, 2.24) is 0 Å². The van der Waals surface area contributed by atoms with E-state index in [0.29, 0.717) is 36.8 Å². The topological polar surface area (TPSA) is 52.0 Å². The quantitative estimate of drug-likeness (QED) is 0.813. The Morgan fingerprint density at radius 3 is 1.67 bits per heavy atom. The molecule has 1 aromatic rings. The second-order valence-corrected chi connectivity index (χ2v) is 5.70. The second-order valence-electron chi connectivity index (χ2n) is 5.70. The van der Waals surface area contributed by atoms with Gasteiger partial charge in [-0.25, -0.2) is 0 Å². The predicted octanol–water partition coefficient (Wildman–Crippen LogP) is 3.08. The lowest BCUT2D eigenvalue weighted by atomic mass is 9.80. The molecule has 0 aliphatic heterocycles. The normalized spacial score (nSPS) is 15.1. The number of hydrogen-bond acceptors (Lipinski definition) is 2. The van der Waals surface area contributed by atoms with Crippen molar-refractivity contribution in [2.45, 2.75) is 39.5 Å². The molecule has 4 N–H and O–H groups in total. The molecule has 0 saturated heterocycles. The maximum Gasteiger partial charge on any atom is -0.00340 e. The molecule has 2 heteroatoms. The Bertz CT molecular complexity index is 339. The number of rotatable bonds is 6. The zero-order chi connectivity index (χ0) is 13.7. The highest BCUT2D eigenvalue weighted by molar-refractivity contribution is 5.27. The molecule has 0 saturated carbocycles. The summed E-state index contributed by atoms with van der Waals surface area (Å²) in [6.07, 6.45) is 0. The van der Waals surface area contributed by atoms with Gasteiger partial charge in [-0.15, -0.1) is 0 Å². The molecule has 1 rings (SSSR count). The summed E-state index contributed by atoms with van der Waals surface area (Å²) in [7, 11) is 0. The first kappa shape index (κ1) is 15.2. The van der Waals surface area contributed by atoms with Gasteiger partial charge in [-0.3, -0.25) is 0 Å². The summed E-state index contributed by atoms with van der Waals surface area (Å²) in [4.78, 5) is 0. The molecule has 102 valence electrons. The van der Waals surface area contributed by atoms with Crippen LogP contribution < -0.4 is 11.5 Å². The third-order valence-electron chi connectivity index (χ3n) is 4.27. The van der Waals surface area contributed by atoms with Gasteiger partial charge in [0.25, 0.3) is 0 Å². The predicted molar refractivity (Wildman–Crippen MR) is 79.7 cm³/mol. The molecule has 0 bridgehead atoms. The minimum absolute atomic E-state index is 0.407. The maximum absolute atomic E-state index is 5.78. The zero-order valence-corrected chi connectivity index (χ0v) is 12.2. The number of benzene rings is 1. The molecule has 2 unspecified atom stereocenters. The average Bonchev–Trinajstić information content (AvgIpc) is 2.39. The first-order valence-corrected chi connectivity index (χ1v) is 7.01. The minimum atomic E-state index is 0.407. The van der Waals surface area contributed by atoms with Crippen LogP contribution in [0.15, 0.2) is 24.3 Å². The van der Waals surface area contributed by atoms with Crippen molar-refractivity contribution in [3.05, 3.63) is 35.4 Å². The Balaban J connectivity index is 2.80. The van der Waals surface area contributed by atoms with Crippen molar-refractivity contribution in [2.75, 3.05) is 13.1 Å². The van der Waals surface area contributed by atoms with Crippen LogP contribution in [-0.2, 0) is 0 Å². The van der Waals surface area contributed by atoms with Crippen LogP contribution in [0.1, 0.15) is 50.7 Å². The molecule has 0 aliphatic carbocycles. The molecule has 0 aromatic heterocycles. The van der Waals surface area contributed by atoms with E-state index in [2.05, 4.69) is 52.0 Å². The lowest BCUT2D eigenvalue weighted by Crippen LogP contribution is -2.31. The van der Waals surface area contributed by atoms with Gasteiger partial charge in [0.15, 0.2) is 0 Å². The first-order valence-electron chi connectivity index (χ1n) is 7.01. The van der Waals surface area contributed by atoms with Gasteiger partial charge in [-0.05, 0) is 47.9 Å². The monoisotopic (exact) mass is 248 g/mol. The molecule has 2 nitrogen and oxygen atoms in total. The van der Waals surface area contributed by atoms with E-state index >= 15 is 0 Å². The van der Waals surface area contributed by atoms with Gasteiger partial charge in [0.1, 0.15) is 0 Å². The molecule has 0 fully saturated rings. The summed E-state index contributed by atoms with van der Waals surface area (Å²) < 4.78 is 0. The van der Waals surface area contributed by atoms with Crippen molar-refractivity contribution >= 4 is 0 Å². The molecular formula is C16H28N2. The maximum atomic E-state index is 5.78. The van der Waals surface area contributed by atoms with Crippen LogP contribution in [0.4, 0.5) is 0 Å². The van der Waals surface area contributed by atoms with Gasteiger partial charge < -0.3 is 11.5 Å². The van der Waals surface area contributed by atoms with Crippen LogP contribution >= 0.6 is 0 Å². The van der Waals surface area contributed by atoms with E-state index in [1.165, 1.54) is 11.1 Å². The van der Waals surface area contributed by atoms with Crippen LogP contribution in [0.3, 0.4) is 0 Å². The molecule has 2 atom stereocenters. The van der Waals surface area contributed by atoms with Crippen molar-refractivity contribution in [2.24, 2.45) is 23.3 Å². The highest BCUT2D eigenvalue weighted by atomic mass is 14.6. The van der Waals surface area contributed by atoms with E-state index in [9.17, 15) is 0 Å². The van der Waals surface area contributed by atoms with E-state index < -0.39 is 0 Å². The number of nitrogens with two attached hydrogens (primary N) is 2. The molecule has 0 aliphatic rings. The fourth-order valence-electron chi connectivity index (χ4n) is 2.42. The number of hydrogen-bond donors (Lipinski definition) is 2. The third-order valence-corrected chi connectivity index (χ3v) is 4.27. The Morgan fingerprint density at radius 2 is 1.28 bits per heavy atom. The molecular weight excluding hydrogens is 220 g/mol. The highest BCUT2D eigenvalue weighted by Gasteiger charge is 2.21. The van der Waals surface area contributed by atoms with Crippen molar-refractivity contribution in [1.29, 1.82) is 0 Å². The van der Waals surface area contributed by atoms with E-state index in [1.54, 1.807) is 0 Å². The van der Waals surface area contributed by atoms with Crippen LogP contribution in [0, 0.1) is 11.8 Å². The first-order chi connectivity index (χ1) is 8.51. The lowest BCUT2D eigenvalue weighted by Gasteiger charge is -2.27. The average molecular weight is 248 g/mol. The van der Waals surface area contributed by atoms with Crippen molar-refractivity contribution in [3.8, 4) is 0 Å². The third kappa shape index (κ3) is 3.56. The molecule has 18 heavy (non-hydrogen) atoms. The van der Waals surface area contributed by atoms with Crippen LogP contribution in [0.25, 0.3) is 0 Å². The van der Waals surface area contributed by atoms with Crippen LogP contribution in [0.5, 0.6) is 0 Å². The van der Waals surface area contributed by atoms with Gasteiger partial charge >= 0.3 is 0 Å². The summed E-state index contributed by atoms with van der Waals surface area (Å²) >= 11 is 0. The Kier molecular flexibility index (Phi) is 5.83. The van der Waals surface area contributed by atoms with E-state index in [1.807, 2.05) is 0 Å².